The molecule has 0 bridgehead atoms. The third kappa shape index (κ3) is 6.90. The van der Waals surface area contributed by atoms with Crippen LogP contribution in [0.1, 0.15) is 22.5 Å². The second-order valence-electron chi connectivity index (χ2n) is 7.25. The fourth-order valence-corrected chi connectivity index (χ4v) is 3.15. The molecule has 0 saturated carbocycles. The zero-order valence-electron chi connectivity index (χ0n) is 18.9. The number of amides is 1. The molecule has 13 heteroatoms. The van der Waals surface area contributed by atoms with Gasteiger partial charge in [0.15, 0.2) is 6.61 Å². The van der Waals surface area contributed by atoms with Crippen molar-refractivity contribution in [2.75, 3.05) is 25.6 Å². The van der Waals surface area contributed by atoms with Crippen molar-refractivity contribution in [3.05, 3.63) is 62.5 Å². The predicted octanol–water partition coefficient (Wildman–Crippen LogP) is 3.77. The fourth-order valence-electron chi connectivity index (χ4n) is 3.15. The van der Waals surface area contributed by atoms with Crippen molar-refractivity contribution in [2.45, 2.75) is 26.6 Å². The highest BCUT2D eigenvalue weighted by molar-refractivity contribution is 6.00. The molecule has 1 heterocycles. The topological polar surface area (TPSA) is 136 Å². The van der Waals surface area contributed by atoms with Crippen LogP contribution in [-0.4, -0.2) is 41.7 Å². The summed E-state index contributed by atoms with van der Waals surface area (Å²) < 4.78 is 50.2. The molecule has 0 aliphatic rings. The van der Waals surface area contributed by atoms with Gasteiger partial charge in [-0.05, 0) is 43.7 Å². The Kier molecular flexibility index (Phi) is 8.74. The first-order chi connectivity index (χ1) is 16.4. The molecule has 0 aliphatic carbocycles. The summed E-state index contributed by atoms with van der Waals surface area (Å²) in [7, 11) is 1.56. The van der Waals surface area contributed by atoms with Gasteiger partial charge >= 0.3 is 12.1 Å². The highest BCUT2D eigenvalue weighted by Crippen LogP contribution is 2.35. The lowest BCUT2D eigenvalue weighted by atomic mass is 10.1. The van der Waals surface area contributed by atoms with Gasteiger partial charge in [-0.3, -0.25) is 14.9 Å². The number of carbonyl (C=O) groups is 2. The van der Waals surface area contributed by atoms with Crippen molar-refractivity contribution in [3.8, 4) is 6.07 Å². The van der Waals surface area contributed by atoms with Crippen molar-refractivity contribution < 1.29 is 37.2 Å². The molecular weight excluding hydrogens is 473 g/mol. The zero-order chi connectivity index (χ0) is 26.3. The molecule has 2 aromatic rings. The Balaban J connectivity index is 2.11. The quantitative estimate of drug-likeness (QED) is 0.184. The summed E-state index contributed by atoms with van der Waals surface area (Å²) >= 11 is 0. The second-order valence-corrected chi connectivity index (χ2v) is 7.25. The van der Waals surface area contributed by atoms with Gasteiger partial charge in [0.1, 0.15) is 17.3 Å². The molecule has 0 radical (unpaired) electrons. The molecule has 0 aliphatic heterocycles. The van der Waals surface area contributed by atoms with Crippen LogP contribution in [0.3, 0.4) is 0 Å². The molecule has 0 spiro atoms. The Morgan fingerprint density at radius 3 is 2.54 bits per heavy atom. The molecular formula is C22H21F3N4O6. The summed E-state index contributed by atoms with van der Waals surface area (Å²) in [6.07, 6.45) is -3.52. The number of nitro benzene ring substituents is 1. The lowest BCUT2D eigenvalue weighted by Gasteiger charge is -2.10. The molecule has 35 heavy (non-hydrogen) atoms. The number of benzene rings is 1. The fraction of sp³-hybridized carbons (Fsp3) is 0.318. The number of alkyl halides is 3. The van der Waals surface area contributed by atoms with Crippen LogP contribution < -0.4 is 5.32 Å². The normalized spacial score (nSPS) is 11.6. The third-order valence-corrected chi connectivity index (χ3v) is 4.90. The van der Waals surface area contributed by atoms with Gasteiger partial charge in [-0.25, -0.2) is 4.79 Å². The van der Waals surface area contributed by atoms with E-state index >= 15 is 0 Å². The minimum absolute atomic E-state index is 0.279. The van der Waals surface area contributed by atoms with Crippen LogP contribution in [0.15, 0.2) is 29.8 Å². The van der Waals surface area contributed by atoms with E-state index in [-0.39, 0.29) is 6.07 Å². The Morgan fingerprint density at radius 1 is 1.29 bits per heavy atom. The van der Waals surface area contributed by atoms with E-state index in [1.807, 2.05) is 16.8 Å². The molecule has 1 N–H and O–H groups in total. The Bertz CT molecular complexity index is 1210. The van der Waals surface area contributed by atoms with Gasteiger partial charge in [0.25, 0.3) is 11.6 Å². The van der Waals surface area contributed by atoms with Gasteiger partial charge in [0, 0.05) is 31.1 Å². The van der Waals surface area contributed by atoms with E-state index in [0.29, 0.717) is 24.8 Å². The number of halogens is 3. The number of nitrogens with zero attached hydrogens (tertiary/aromatic N) is 3. The number of aromatic nitrogens is 1. The van der Waals surface area contributed by atoms with Crippen LogP contribution in [0.2, 0.25) is 0 Å². The average molecular weight is 494 g/mol. The van der Waals surface area contributed by atoms with Crippen LogP contribution in [0.5, 0.6) is 0 Å². The van der Waals surface area contributed by atoms with Crippen LogP contribution in [-0.2, 0) is 31.8 Å². The number of hydrogen-bond acceptors (Lipinski definition) is 7. The van der Waals surface area contributed by atoms with Gasteiger partial charge in [0.05, 0.1) is 17.1 Å². The van der Waals surface area contributed by atoms with Crippen molar-refractivity contribution in [3.63, 3.8) is 0 Å². The molecule has 1 aromatic heterocycles. The van der Waals surface area contributed by atoms with Gasteiger partial charge in [-0.15, -0.1) is 0 Å². The number of anilines is 1. The van der Waals surface area contributed by atoms with Gasteiger partial charge < -0.3 is 19.4 Å². The number of aryl methyl sites for hydroxylation is 1. The molecule has 0 unspecified atom stereocenters. The number of nitrogens with one attached hydrogen (secondary N) is 1. The smallest absolute Gasteiger partial charge is 0.416 e. The van der Waals surface area contributed by atoms with Crippen LogP contribution in [0, 0.1) is 35.3 Å². The van der Waals surface area contributed by atoms with Crippen molar-refractivity contribution >= 4 is 29.3 Å². The first-order valence-electron chi connectivity index (χ1n) is 9.99. The number of esters is 1. The third-order valence-electron chi connectivity index (χ3n) is 4.90. The minimum Gasteiger partial charge on any atom is -0.451 e. The Labute approximate surface area is 197 Å². The summed E-state index contributed by atoms with van der Waals surface area (Å²) in [5, 5.41) is 22.5. The van der Waals surface area contributed by atoms with Crippen molar-refractivity contribution in [2.24, 2.45) is 0 Å². The number of nitriles is 1. The zero-order valence-corrected chi connectivity index (χ0v) is 18.9. The molecule has 0 atom stereocenters. The maximum Gasteiger partial charge on any atom is 0.416 e. The monoisotopic (exact) mass is 494 g/mol. The first kappa shape index (κ1) is 27.1. The maximum absolute atomic E-state index is 12.8. The molecule has 1 amide bonds. The lowest BCUT2D eigenvalue weighted by molar-refractivity contribution is -0.384. The SMILES string of the molecule is COCCn1c(C)cc(/C=C(\C#N)C(=O)OCC(=O)Nc2ccc(C(F)(F)F)cc2[N+](=O)[O-])c1C. The molecule has 0 fully saturated rings. The maximum atomic E-state index is 12.8. The van der Waals surface area contributed by atoms with Crippen LogP contribution in [0.4, 0.5) is 24.5 Å². The minimum atomic E-state index is -4.81. The summed E-state index contributed by atoms with van der Waals surface area (Å²) in [6, 6.07) is 5.01. The molecule has 2 rings (SSSR count). The average Bonchev–Trinajstić information content (AvgIpc) is 3.05. The van der Waals surface area contributed by atoms with E-state index in [0.717, 1.165) is 17.5 Å². The molecule has 0 saturated heterocycles. The van der Waals surface area contributed by atoms with E-state index < -0.39 is 52.1 Å². The van der Waals surface area contributed by atoms with E-state index in [1.54, 1.807) is 26.2 Å². The van der Waals surface area contributed by atoms with E-state index in [1.165, 1.54) is 6.08 Å². The molecule has 186 valence electrons. The number of hydrogen-bond donors (Lipinski definition) is 1. The van der Waals surface area contributed by atoms with Crippen LogP contribution in [0.25, 0.3) is 6.08 Å². The first-order valence-corrected chi connectivity index (χ1v) is 9.99. The lowest BCUT2D eigenvalue weighted by Crippen LogP contribution is -2.22. The molecule has 1 aromatic carbocycles. The highest BCUT2D eigenvalue weighted by atomic mass is 19.4. The Morgan fingerprint density at radius 2 is 1.97 bits per heavy atom. The standard InChI is InChI=1S/C22H21F3N4O6/c1-13-8-15(14(2)28(13)6-7-34-3)9-16(11-26)21(31)35-12-20(30)27-18-5-4-17(22(23,24)25)10-19(18)29(32)33/h4-5,8-10H,6-7,12H2,1-3H3,(H,27,30)/b16-9+. The van der Waals surface area contributed by atoms with Gasteiger partial charge in [-0.1, -0.05) is 0 Å². The van der Waals surface area contributed by atoms with Crippen molar-refractivity contribution in [1.29, 1.82) is 5.26 Å². The van der Waals surface area contributed by atoms with E-state index in [9.17, 15) is 38.1 Å². The number of nitro groups is 1. The number of methoxy groups -OCH3 is 1. The number of carbonyl (C=O) groups excluding carboxylic acids is 2. The van der Waals surface area contributed by atoms with Crippen LogP contribution >= 0.6 is 0 Å². The summed E-state index contributed by atoms with van der Waals surface area (Å²) in [4.78, 5) is 34.4. The summed E-state index contributed by atoms with van der Waals surface area (Å²) in [6.45, 7) is 3.72. The molecule has 10 nitrogen and oxygen atoms in total. The largest absolute Gasteiger partial charge is 0.451 e. The second kappa shape index (κ2) is 11.3. The summed E-state index contributed by atoms with van der Waals surface area (Å²) in [5.74, 6) is -2.16. The summed E-state index contributed by atoms with van der Waals surface area (Å²) in [5.41, 5.74) is -0.938. The van der Waals surface area contributed by atoms with Gasteiger partial charge in [-0.2, -0.15) is 18.4 Å². The van der Waals surface area contributed by atoms with Crippen molar-refractivity contribution in [1.82, 2.24) is 4.57 Å². The number of ether oxygens (including phenoxy) is 2. The van der Waals surface area contributed by atoms with E-state index in [2.05, 4.69) is 0 Å². The Hall–Kier alpha value is -4.18. The predicted molar refractivity (Wildman–Crippen MR) is 117 cm³/mol. The number of rotatable bonds is 9. The van der Waals surface area contributed by atoms with E-state index in [4.69, 9.17) is 9.47 Å². The van der Waals surface area contributed by atoms with Gasteiger partial charge in [0.2, 0.25) is 0 Å². The highest BCUT2D eigenvalue weighted by Gasteiger charge is 2.33.